The zero-order valence-corrected chi connectivity index (χ0v) is 13.8. The average molecular weight is 341 g/mol. The van der Waals surface area contributed by atoms with Gasteiger partial charge >= 0.3 is 0 Å². The van der Waals surface area contributed by atoms with Crippen LogP contribution in [0.2, 0.25) is 0 Å². The summed E-state index contributed by atoms with van der Waals surface area (Å²) in [5.74, 6) is 0.0264. The van der Waals surface area contributed by atoms with Crippen molar-refractivity contribution in [1.29, 1.82) is 0 Å². The summed E-state index contributed by atoms with van der Waals surface area (Å²) in [6.45, 7) is 5.32. The molecule has 0 bridgehead atoms. The lowest BCUT2D eigenvalue weighted by Gasteiger charge is -2.39. The maximum Gasteiger partial charge on any atom is 0.254 e. The number of anilines is 1. The van der Waals surface area contributed by atoms with Gasteiger partial charge in [-0.3, -0.25) is 4.79 Å². The number of benzene rings is 1. The standard InChI is InChI=1S/C15H21BrN2O2/c1-10-12(7-11(16)8-13(10)17)14(19)18-6-4-5-15(2,9-18)20-3/h7-8H,4-6,9,17H2,1-3H3. The van der Waals surface area contributed by atoms with Crippen molar-refractivity contribution in [2.45, 2.75) is 32.3 Å². The predicted octanol–water partition coefficient (Wildman–Crippen LogP) is 2.98. The number of ether oxygens (including phenoxy) is 1. The number of hydrogen-bond acceptors (Lipinski definition) is 3. The van der Waals surface area contributed by atoms with Crippen LogP contribution in [0.3, 0.4) is 0 Å². The Balaban J connectivity index is 2.28. The first-order valence-electron chi connectivity index (χ1n) is 6.76. The number of rotatable bonds is 2. The van der Waals surface area contributed by atoms with Crippen molar-refractivity contribution in [3.8, 4) is 0 Å². The number of amides is 1. The summed E-state index contributed by atoms with van der Waals surface area (Å²) in [5, 5.41) is 0. The van der Waals surface area contributed by atoms with Crippen LogP contribution in [-0.2, 0) is 4.74 Å². The highest BCUT2D eigenvalue weighted by Crippen LogP contribution is 2.28. The van der Waals surface area contributed by atoms with Crippen LogP contribution in [0, 0.1) is 6.92 Å². The second kappa shape index (κ2) is 5.74. The first-order chi connectivity index (χ1) is 9.36. The molecule has 2 rings (SSSR count). The molecule has 2 N–H and O–H groups in total. The molecule has 1 unspecified atom stereocenters. The number of likely N-dealkylation sites (tertiary alicyclic amines) is 1. The van der Waals surface area contributed by atoms with Crippen LogP contribution in [0.25, 0.3) is 0 Å². The van der Waals surface area contributed by atoms with E-state index in [9.17, 15) is 4.79 Å². The Morgan fingerprint density at radius 3 is 2.85 bits per heavy atom. The van der Waals surface area contributed by atoms with Gasteiger partial charge in [0.15, 0.2) is 0 Å². The largest absolute Gasteiger partial charge is 0.398 e. The van der Waals surface area contributed by atoms with E-state index in [4.69, 9.17) is 10.5 Å². The molecule has 20 heavy (non-hydrogen) atoms. The smallest absolute Gasteiger partial charge is 0.254 e. The number of nitrogen functional groups attached to an aromatic ring is 1. The molecule has 1 aromatic rings. The Labute approximate surface area is 128 Å². The van der Waals surface area contributed by atoms with Crippen molar-refractivity contribution in [3.63, 3.8) is 0 Å². The number of carbonyl (C=O) groups is 1. The topological polar surface area (TPSA) is 55.6 Å². The van der Waals surface area contributed by atoms with Crippen LogP contribution in [0.4, 0.5) is 5.69 Å². The Morgan fingerprint density at radius 2 is 2.20 bits per heavy atom. The normalized spacial score (nSPS) is 22.9. The molecule has 4 nitrogen and oxygen atoms in total. The zero-order valence-electron chi connectivity index (χ0n) is 12.2. The molecule has 0 radical (unpaired) electrons. The van der Waals surface area contributed by atoms with Gasteiger partial charge in [0.05, 0.1) is 5.60 Å². The molecular weight excluding hydrogens is 320 g/mol. The lowest BCUT2D eigenvalue weighted by Crippen LogP contribution is -2.49. The van der Waals surface area contributed by atoms with Crippen molar-refractivity contribution in [2.75, 3.05) is 25.9 Å². The summed E-state index contributed by atoms with van der Waals surface area (Å²) in [4.78, 5) is 14.6. The number of nitrogens with two attached hydrogens (primary N) is 1. The van der Waals surface area contributed by atoms with E-state index in [1.165, 1.54) is 0 Å². The average Bonchev–Trinajstić information content (AvgIpc) is 2.42. The Morgan fingerprint density at radius 1 is 1.50 bits per heavy atom. The fourth-order valence-electron chi connectivity index (χ4n) is 2.64. The quantitative estimate of drug-likeness (QED) is 0.842. The van der Waals surface area contributed by atoms with Crippen molar-refractivity contribution in [2.24, 2.45) is 0 Å². The lowest BCUT2D eigenvalue weighted by molar-refractivity contribution is -0.0440. The highest BCUT2D eigenvalue weighted by Gasteiger charge is 2.33. The summed E-state index contributed by atoms with van der Waals surface area (Å²) in [6.07, 6.45) is 1.94. The summed E-state index contributed by atoms with van der Waals surface area (Å²) in [5.41, 5.74) is 7.83. The SMILES string of the molecule is COC1(C)CCCN(C(=O)c2cc(Br)cc(N)c2C)C1. The first kappa shape index (κ1) is 15.3. The minimum Gasteiger partial charge on any atom is -0.398 e. The number of nitrogens with zero attached hydrogens (tertiary/aromatic N) is 1. The van der Waals surface area contributed by atoms with Crippen LogP contribution < -0.4 is 5.73 Å². The number of hydrogen-bond donors (Lipinski definition) is 1. The van der Waals surface area contributed by atoms with Crippen LogP contribution >= 0.6 is 15.9 Å². The van der Waals surface area contributed by atoms with Gasteiger partial charge in [0.1, 0.15) is 0 Å². The van der Waals surface area contributed by atoms with Gasteiger partial charge in [0.2, 0.25) is 0 Å². The van der Waals surface area contributed by atoms with Gasteiger partial charge in [0, 0.05) is 35.9 Å². The summed E-state index contributed by atoms with van der Waals surface area (Å²) in [6, 6.07) is 3.66. The lowest BCUT2D eigenvalue weighted by atomic mass is 9.93. The van der Waals surface area contributed by atoms with Gasteiger partial charge < -0.3 is 15.4 Å². The van der Waals surface area contributed by atoms with Crippen molar-refractivity contribution >= 4 is 27.5 Å². The fraction of sp³-hybridized carbons (Fsp3) is 0.533. The molecule has 1 aliphatic rings. The third-order valence-corrected chi connectivity index (χ3v) is 4.54. The van der Waals surface area contributed by atoms with E-state index in [0.29, 0.717) is 17.8 Å². The van der Waals surface area contributed by atoms with Crippen molar-refractivity contribution in [1.82, 2.24) is 4.90 Å². The third kappa shape index (κ3) is 2.99. The molecule has 110 valence electrons. The molecule has 1 amide bonds. The molecule has 5 heteroatoms. The van der Waals surface area contributed by atoms with Crippen molar-refractivity contribution < 1.29 is 9.53 Å². The molecule has 1 fully saturated rings. The van der Waals surface area contributed by atoms with Gasteiger partial charge in [0.25, 0.3) is 5.91 Å². The minimum atomic E-state index is -0.251. The number of halogens is 1. The van der Waals surface area contributed by atoms with E-state index < -0.39 is 0 Å². The van der Waals surface area contributed by atoms with Crippen LogP contribution in [0.1, 0.15) is 35.7 Å². The number of carbonyl (C=O) groups excluding carboxylic acids is 1. The molecular formula is C15H21BrN2O2. The molecule has 1 saturated heterocycles. The molecule has 0 spiro atoms. The fourth-order valence-corrected chi connectivity index (χ4v) is 3.11. The molecule has 0 aliphatic carbocycles. The number of methoxy groups -OCH3 is 1. The molecule has 0 aromatic heterocycles. The van der Waals surface area contributed by atoms with Gasteiger partial charge in [-0.2, -0.15) is 0 Å². The highest BCUT2D eigenvalue weighted by atomic mass is 79.9. The predicted molar refractivity (Wildman–Crippen MR) is 83.8 cm³/mol. The van der Waals surface area contributed by atoms with Crippen LogP contribution in [0.15, 0.2) is 16.6 Å². The number of piperidine rings is 1. The second-order valence-electron chi connectivity index (χ2n) is 5.65. The van der Waals surface area contributed by atoms with Crippen LogP contribution in [0.5, 0.6) is 0 Å². The molecule has 1 aromatic carbocycles. The first-order valence-corrected chi connectivity index (χ1v) is 7.56. The van der Waals surface area contributed by atoms with Crippen molar-refractivity contribution in [3.05, 3.63) is 27.7 Å². The summed E-state index contributed by atoms with van der Waals surface area (Å²) < 4.78 is 6.37. The monoisotopic (exact) mass is 340 g/mol. The Bertz CT molecular complexity index is 533. The molecule has 0 saturated carbocycles. The highest BCUT2D eigenvalue weighted by molar-refractivity contribution is 9.10. The van der Waals surface area contributed by atoms with Gasteiger partial charge in [-0.1, -0.05) is 15.9 Å². The second-order valence-corrected chi connectivity index (χ2v) is 6.57. The van der Waals surface area contributed by atoms with E-state index in [-0.39, 0.29) is 11.5 Å². The van der Waals surface area contributed by atoms with Gasteiger partial charge in [-0.05, 0) is 44.4 Å². The summed E-state index contributed by atoms with van der Waals surface area (Å²) in [7, 11) is 1.70. The molecule has 1 aliphatic heterocycles. The Hall–Kier alpha value is -1.07. The van der Waals surface area contributed by atoms with Crippen LogP contribution in [-0.4, -0.2) is 36.6 Å². The van der Waals surface area contributed by atoms with E-state index in [1.54, 1.807) is 7.11 Å². The van der Waals surface area contributed by atoms with E-state index in [1.807, 2.05) is 24.0 Å². The van der Waals surface area contributed by atoms with E-state index >= 15 is 0 Å². The minimum absolute atomic E-state index is 0.0264. The maximum atomic E-state index is 12.7. The molecule has 1 heterocycles. The van der Waals surface area contributed by atoms with Gasteiger partial charge in [-0.15, -0.1) is 0 Å². The zero-order chi connectivity index (χ0) is 14.9. The van der Waals surface area contributed by atoms with E-state index in [0.717, 1.165) is 29.4 Å². The molecule has 1 atom stereocenters. The summed E-state index contributed by atoms with van der Waals surface area (Å²) >= 11 is 3.40. The Kier molecular flexibility index (Phi) is 4.39. The maximum absolute atomic E-state index is 12.7. The van der Waals surface area contributed by atoms with Gasteiger partial charge in [-0.25, -0.2) is 0 Å². The van der Waals surface area contributed by atoms with E-state index in [2.05, 4.69) is 22.9 Å². The third-order valence-electron chi connectivity index (χ3n) is 4.08.